The fraction of sp³-hybridized carbons (Fsp3) is 0.219. The molecule has 0 fully saturated rings. The molecule has 3 amide bonds. The van der Waals surface area contributed by atoms with E-state index in [0.29, 0.717) is 42.9 Å². The van der Waals surface area contributed by atoms with Crippen molar-refractivity contribution in [2.24, 2.45) is 5.73 Å². The molecular weight excluding hydrogens is 615 g/mol. The molecule has 5 rings (SSSR count). The Hall–Kier alpha value is -4.88. The number of benzene rings is 2. The van der Waals surface area contributed by atoms with Crippen LogP contribution in [-0.4, -0.2) is 75.7 Å². The van der Waals surface area contributed by atoms with Crippen LogP contribution in [0, 0.1) is 0 Å². The SMILES string of the molecule is [B]C([B])([B])NC(=O)c1cc(CN)ccc1NC(=O)c1cc2c(cc1-c1ccc(C(=O)NCCC)nc1C(=O)O)OCCc1ccsc1-2. The van der Waals surface area contributed by atoms with Crippen LogP contribution in [0.3, 0.4) is 0 Å². The van der Waals surface area contributed by atoms with Crippen molar-refractivity contribution in [1.82, 2.24) is 15.6 Å². The number of thiophene rings is 1. The number of nitrogens with two attached hydrogens (primary N) is 1. The fourth-order valence-corrected chi connectivity index (χ4v) is 6.07. The summed E-state index contributed by atoms with van der Waals surface area (Å²) in [5.74, 6) is -2.94. The Labute approximate surface area is 278 Å². The van der Waals surface area contributed by atoms with Crippen LogP contribution in [0.4, 0.5) is 5.69 Å². The number of anilines is 1. The van der Waals surface area contributed by atoms with Gasteiger partial charge in [-0.1, -0.05) is 18.2 Å². The largest absolute Gasteiger partial charge is 0.493 e. The molecule has 232 valence electrons. The number of ether oxygens (including phenoxy) is 1. The summed E-state index contributed by atoms with van der Waals surface area (Å²) < 4.78 is 6.08. The van der Waals surface area contributed by atoms with Crippen LogP contribution in [0.15, 0.2) is 53.9 Å². The molecule has 0 spiro atoms. The maximum atomic E-state index is 14.2. The molecule has 2 aromatic heterocycles. The lowest BCUT2D eigenvalue weighted by Gasteiger charge is -2.23. The van der Waals surface area contributed by atoms with E-state index in [1.807, 2.05) is 18.4 Å². The molecule has 0 unspecified atom stereocenters. The maximum absolute atomic E-state index is 14.2. The monoisotopic (exact) mass is 643 g/mol. The number of carboxylic acids is 1. The Kier molecular flexibility index (Phi) is 9.87. The van der Waals surface area contributed by atoms with Gasteiger partial charge >= 0.3 is 5.97 Å². The van der Waals surface area contributed by atoms with Gasteiger partial charge in [-0.3, -0.25) is 14.4 Å². The first kappa shape index (κ1) is 33.5. The second-order valence-corrected chi connectivity index (χ2v) is 11.8. The topological polar surface area (TPSA) is 173 Å². The summed E-state index contributed by atoms with van der Waals surface area (Å²) in [7, 11) is 16.8. The summed E-state index contributed by atoms with van der Waals surface area (Å²) in [6.07, 6.45) is 1.31. The number of pyridine rings is 1. The Balaban J connectivity index is 1.67. The molecule has 2 aromatic carbocycles. The number of carbonyl (C=O) groups is 4. The van der Waals surface area contributed by atoms with Gasteiger partial charge in [0.15, 0.2) is 5.69 Å². The zero-order valence-corrected chi connectivity index (χ0v) is 26.2. The smallest absolute Gasteiger partial charge is 0.355 e. The van der Waals surface area contributed by atoms with Gasteiger partial charge in [0.1, 0.15) is 11.4 Å². The number of aromatic carboxylic acids is 1. The molecule has 6 radical (unpaired) electrons. The molecule has 6 N–H and O–H groups in total. The third-order valence-corrected chi connectivity index (χ3v) is 8.27. The minimum absolute atomic E-state index is 0.0115. The average molecular weight is 643 g/mol. The Morgan fingerprint density at radius 2 is 1.77 bits per heavy atom. The summed E-state index contributed by atoms with van der Waals surface area (Å²) in [6, 6.07) is 12.6. The molecule has 1 aliphatic heterocycles. The van der Waals surface area contributed by atoms with Crippen LogP contribution in [0.2, 0.25) is 0 Å². The van der Waals surface area contributed by atoms with Crippen LogP contribution < -0.4 is 26.4 Å². The van der Waals surface area contributed by atoms with E-state index in [1.165, 1.54) is 35.6 Å². The lowest BCUT2D eigenvalue weighted by molar-refractivity contribution is 0.0690. The Morgan fingerprint density at radius 1 is 0.979 bits per heavy atom. The lowest BCUT2D eigenvalue weighted by atomic mass is 9.49. The van der Waals surface area contributed by atoms with Gasteiger partial charge in [0.2, 0.25) is 0 Å². The summed E-state index contributed by atoms with van der Waals surface area (Å²) in [6.45, 7) is 2.73. The van der Waals surface area contributed by atoms with E-state index in [1.54, 1.807) is 18.2 Å². The molecule has 11 nitrogen and oxygen atoms in total. The number of nitrogens with one attached hydrogen (secondary N) is 3. The van der Waals surface area contributed by atoms with E-state index in [2.05, 4.69) is 20.9 Å². The summed E-state index contributed by atoms with van der Waals surface area (Å²) in [5, 5.41) is 17.8. The Bertz CT molecular complexity index is 1890. The first-order valence-electron chi connectivity index (χ1n) is 14.6. The molecule has 4 aromatic rings. The Morgan fingerprint density at radius 3 is 2.47 bits per heavy atom. The highest BCUT2D eigenvalue weighted by molar-refractivity contribution is 7.13. The van der Waals surface area contributed by atoms with Gasteiger partial charge in [-0.25, -0.2) is 9.78 Å². The van der Waals surface area contributed by atoms with Crippen molar-refractivity contribution in [1.29, 1.82) is 0 Å². The van der Waals surface area contributed by atoms with E-state index in [0.717, 1.165) is 10.4 Å². The lowest BCUT2D eigenvalue weighted by Crippen LogP contribution is -2.50. The molecule has 0 bridgehead atoms. The minimum Gasteiger partial charge on any atom is -0.493 e. The van der Waals surface area contributed by atoms with Gasteiger partial charge in [0.25, 0.3) is 17.7 Å². The summed E-state index contributed by atoms with van der Waals surface area (Å²) in [5.41, 5.74) is 7.90. The normalized spacial score (nSPS) is 12.1. The third-order valence-electron chi connectivity index (χ3n) is 7.28. The van der Waals surface area contributed by atoms with Gasteiger partial charge in [-0.05, 0) is 65.4 Å². The molecule has 1 aliphatic rings. The van der Waals surface area contributed by atoms with Gasteiger partial charge in [0.05, 0.1) is 41.4 Å². The van der Waals surface area contributed by atoms with Gasteiger partial charge < -0.3 is 31.5 Å². The number of fused-ring (bicyclic) bond motifs is 3. The number of hydrogen-bond acceptors (Lipinski definition) is 8. The predicted octanol–water partition coefficient (Wildman–Crippen LogP) is 2.81. The van der Waals surface area contributed by atoms with E-state index in [4.69, 9.17) is 34.0 Å². The average Bonchev–Trinajstić information content (AvgIpc) is 3.43. The van der Waals surface area contributed by atoms with Crippen molar-refractivity contribution >= 4 is 64.3 Å². The number of nitrogens with zero attached hydrogens (tertiary/aromatic N) is 1. The third kappa shape index (κ3) is 7.42. The van der Waals surface area contributed by atoms with Crippen LogP contribution in [0.5, 0.6) is 5.75 Å². The molecule has 0 atom stereocenters. The zero-order chi connectivity index (χ0) is 33.9. The van der Waals surface area contributed by atoms with Crippen molar-refractivity contribution in [2.75, 3.05) is 18.5 Å². The van der Waals surface area contributed by atoms with Crippen molar-refractivity contribution in [3.05, 3.63) is 87.6 Å². The van der Waals surface area contributed by atoms with Crippen molar-refractivity contribution in [3.8, 4) is 27.3 Å². The highest BCUT2D eigenvalue weighted by atomic mass is 32.1. The van der Waals surface area contributed by atoms with Gasteiger partial charge in [-0.15, -0.1) is 11.3 Å². The predicted molar refractivity (Wildman–Crippen MR) is 182 cm³/mol. The number of carboxylic acid groups (broad SMARTS) is 1. The summed E-state index contributed by atoms with van der Waals surface area (Å²) in [4.78, 5) is 57.5. The molecule has 0 aliphatic carbocycles. The minimum atomic E-state index is -2.04. The van der Waals surface area contributed by atoms with Crippen molar-refractivity contribution in [3.63, 3.8) is 0 Å². The number of amides is 3. The molecule has 15 heteroatoms. The van der Waals surface area contributed by atoms with Crippen LogP contribution in [0.1, 0.15) is 66.2 Å². The maximum Gasteiger partial charge on any atom is 0.355 e. The molecule has 0 saturated heterocycles. The molecule has 3 heterocycles. The number of aromatic nitrogens is 1. The molecule has 0 saturated carbocycles. The van der Waals surface area contributed by atoms with Crippen molar-refractivity contribution in [2.45, 2.75) is 31.5 Å². The van der Waals surface area contributed by atoms with Crippen LogP contribution in [-0.2, 0) is 13.0 Å². The molecule has 47 heavy (non-hydrogen) atoms. The quantitative estimate of drug-likeness (QED) is 0.164. The van der Waals surface area contributed by atoms with Gasteiger partial charge in [0, 0.05) is 46.6 Å². The molecular formula is C32H28B3N5O6S. The highest BCUT2D eigenvalue weighted by Crippen LogP contribution is 2.43. The van der Waals surface area contributed by atoms with Crippen molar-refractivity contribution < 1.29 is 29.0 Å². The zero-order valence-electron chi connectivity index (χ0n) is 25.4. The fourth-order valence-electron chi connectivity index (χ4n) is 5.09. The van der Waals surface area contributed by atoms with Crippen LogP contribution in [0.25, 0.3) is 21.6 Å². The second-order valence-electron chi connectivity index (χ2n) is 10.8. The first-order chi connectivity index (χ1) is 22.4. The number of rotatable bonds is 10. The summed E-state index contributed by atoms with van der Waals surface area (Å²) >= 11 is 1.48. The van der Waals surface area contributed by atoms with E-state index in [9.17, 15) is 24.3 Å². The second kappa shape index (κ2) is 13.9. The highest BCUT2D eigenvalue weighted by Gasteiger charge is 2.27. The van der Waals surface area contributed by atoms with E-state index < -0.39 is 34.6 Å². The number of carbonyl (C=O) groups excluding carboxylic acids is 3. The van der Waals surface area contributed by atoms with Crippen LogP contribution >= 0.6 is 11.3 Å². The standard InChI is InChI=1S/C32H28B3N5O6S/c1-2-9-37-30(43)24-6-4-18(26(38-24)31(44)45)19-14-25-22(27-17(7-10-46-25)8-11-47-27)13-20(19)28(41)39-23-5-3-16(15-36)12-21(23)29(42)40-32(33,34)35/h3-6,8,11-14H,2,7,9-10,15,36H2,1H3,(H,37,43)(H,39,41)(H,40,42)(H,44,45). The van der Waals surface area contributed by atoms with E-state index >= 15 is 0 Å². The van der Waals surface area contributed by atoms with E-state index in [-0.39, 0.29) is 40.2 Å². The van der Waals surface area contributed by atoms with Gasteiger partial charge in [-0.2, -0.15) is 0 Å². The first-order valence-corrected chi connectivity index (χ1v) is 15.5. The number of hydrogen-bond donors (Lipinski definition) is 5.